The Hall–Kier alpha value is -3.45. The molecule has 2 atom stereocenters. The lowest BCUT2D eigenvalue weighted by Gasteiger charge is -2.30. The monoisotopic (exact) mass is 533 g/mol. The molecule has 39 heavy (non-hydrogen) atoms. The second-order valence-electron chi connectivity index (χ2n) is 9.65. The van der Waals surface area contributed by atoms with Gasteiger partial charge in [0.1, 0.15) is 11.9 Å². The zero-order valence-corrected chi connectivity index (χ0v) is 23.8. The first-order valence-corrected chi connectivity index (χ1v) is 14.2. The molecule has 0 N–H and O–H groups in total. The van der Waals surface area contributed by atoms with Crippen molar-refractivity contribution in [2.45, 2.75) is 78.5 Å². The zero-order chi connectivity index (χ0) is 28.0. The number of carbonyl (C=O) groups excluding carboxylic acids is 1. The molecule has 7 heteroatoms. The van der Waals surface area contributed by atoms with Gasteiger partial charge in [0.05, 0.1) is 31.6 Å². The highest BCUT2D eigenvalue weighted by atomic mass is 16.5. The van der Waals surface area contributed by atoms with E-state index in [4.69, 9.17) is 14.5 Å². The predicted octanol–water partition coefficient (Wildman–Crippen LogP) is 5.90. The lowest BCUT2D eigenvalue weighted by atomic mass is 10.1. The van der Waals surface area contributed by atoms with Crippen molar-refractivity contribution >= 4 is 11.7 Å². The minimum absolute atomic E-state index is 0.0530. The highest BCUT2D eigenvalue weighted by Gasteiger charge is 2.23. The number of anilines is 1. The average molecular weight is 534 g/mol. The smallest absolute Gasteiger partial charge is 0.328 e. The molecule has 0 aliphatic carbocycles. The molecule has 210 valence electrons. The predicted molar refractivity (Wildman–Crippen MR) is 157 cm³/mol. The molecule has 7 nitrogen and oxygen atoms in total. The average Bonchev–Trinajstić information content (AvgIpc) is 2.96. The fourth-order valence-electron chi connectivity index (χ4n) is 4.81. The highest BCUT2D eigenvalue weighted by molar-refractivity contribution is 5.79. The van der Waals surface area contributed by atoms with Crippen molar-refractivity contribution in [3.05, 3.63) is 82.9 Å². The number of hydrogen-bond acceptors (Lipinski definition) is 6. The van der Waals surface area contributed by atoms with Crippen LogP contribution in [0.2, 0.25) is 0 Å². The maximum absolute atomic E-state index is 13.0. The van der Waals surface area contributed by atoms with Crippen LogP contribution in [0.4, 0.5) is 5.69 Å². The van der Waals surface area contributed by atoms with E-state index in [1.807, 2.05) is 81.4 Å². The van der Waals surface area contributed by atoms with Crippen LogP contribution in [0.1, 0.15) is 59.2 Å². The van der Waals surface area contributed by atoms with Gasteiger partial charge in [-0.1, -0.05) is 68.8 Å². The molecule has 0 amide bonds. The second kappa shape index (κ2) is 15.8. The molecule has 2 aromatic carbocycles. The molecule has 1 heterocycles. The van der Waals surface area contributed by atoms with E-state index >= 15 is 0 Å². The number of benzene rings is 2. The van der Waals surface area contributed by atoms with Crippen LogP contribution < -0.4 is 10.5 Å². The Bertz CT molecular complexity index is 1200. The number of aryl methyl sites for hydroxylation is 1. The van der Waals surface area contributed by atoms with Crippen molar-refractivity contribution in [3.63, 3.8) is 0 Å². The number of hydrogen-bond donors (Lipinski definition) is 0. The van der Waals surface area contributed by atoms with Crippen molar-refractivity contribution in [3.8, 4) is 11.3 Å². The maximum atomic E-state index is 13.0. The molecule has 0 aliphatic heterocycles. The van der Waals surface area contributed by atoms with Gasteiger partial charge in [-0.3, -0.25) is 9.36 Å². The van der Waals surface area contributed by atoms with E-state index in [-0.39, 0.29) is 23.7 Å². The first-order chi connectivity index (χ1) is 19.0. The summed E-state index contributed by atoms with van der Waals surface area (Å²) in [6.07, 6.45) is 4.45. The van der Waals surface area contributed by atoms with Gasteiger partial charge in [0.25, 0.3) is 5.56 Å². The molecule has 0 fully saturated rings. The molecule has 0 spiro atoms. The van der Waals surface area contributed by atoms with Crippen molar-refractivity contribution in [2.75, 3.05) is 24.7 Å². The van der Waals surface area contributed by atoms with E-state index in [9.17, 15) is 9.59 Å². The summed E-state index contributed by atoms with van der Waals surface area (Å²) in [6, 6.07) is 21.0. The topological polar surface area (TPSA) is 73.7 Å². The third-order valence-corrected chi connectivity index (χ3v) is 6.86. The molecule has 0 saturated carbocycles. The van der Waals surface area contributed by atoms with Crippen LogP contribution in [0.5, 0.6) is 0 Å². The van der Waals surface area contributed by atoms with Crippen molar-refractivity contribution in [2.24, 2.45) is 0 Å². The normalized spacial score (nSPS) is 12.6. The van der Waals surface area contributed by atoms with Crippen LogP contribution >= 0.6 is 0 Å². The van der Waals surface area contributed by atoms with Gasteiger partial charge in [-0.05, 0) is 45.2 Å². The summed E-state index contributed by atoms with van der Waals surface area (Å²) in [7, 11) is 0. The van der Waals surface area contributed by atoms with Crippen molar-refractivity contribution < 1.29 is 14.3 Å². The largest absolute Gasteiger partial charge is 0.464 e. The van der Waals surface area contributed by atoms with Crippen LogP contribution in [0.15, 0.2) is 71.5 Å². The van der Waals surface area contributed by atoms with Gasteiger partial charge in [-0.15, -0.1) is 0 Å². The summed E-state index contributed by atoms with van der Waals surface area (Å²) in [5, 5.41) is 0. The highest BCUT2D eigenvalue weighted by Crippen LogP contribution is 2.20. The minimum Gasteiger partial charge on any atom is -0.464 e. The number of esters is 1. The van der Waals surface area contributed by atoms with E-state index in [1.54, 1.807) is 10.6 Å². The summed E-state index contributed by atoms with van der Waals surface area (Å²) in [5.74, 6) is 0.551. The van der Waals surface area contributed by atoms with Gasteiger partial charge >= 0.3 is 5.97 Å². The van der Waals surface area contributed by atoms with E-state index in [0.717, 1.165) is 49.3 Å². The van der Waals surface area contributed by atoms with Crippen molar-refractivity contribution in [1.82, 2.24) is 9.55 Å². The molecule has 3 aromatic rings. The Labute approximate surface area is 232 Å². The Morgan fingerprint density at radius 3 is 2.33 bits per heavy atom. The lowest BCUT2D eigenvalue weighted by Crippen LogP contribution is -2.41. The summed E-state index contributed by atoms with van der Waals surface area (Å²) >= 11 is 0. The molecule has 0 aliphatic rings. The number of rotatable bonds is 16. The van der Waals surface area contributed by atoms with E-state index in [2.05, 4.69) is 11.8 Å². The summed E-state index contributed by atoms with van der Waals surface area (Å²) in [4.78, 5) is 32.3. The van der Waals surface area contributed by atoms with Gasteiger partial charge in [0.2, 0.25) is 0 Å². The van der Waals surface area contributed by atoms with Crippen LogP contribution in [-0.4, -0.2) is 47.4 Å². The second-order valence-corrected chi connectivity index (χ2v) is 9.65. The lowest BCUT2D eigenvalue weighted by molar-refractivity contribution is -0.144. The maximum Gasteiger partial charge on any atom is 0.328 e. The first kappa shape index (κ1) is 30.1. The van der Waals surface area contributed by atoms with Crippen LogP contribution in [0.25, 0.3) is 11.3 Å². The molecular weight excluding hydrogens is 490 g/mol. The Kier molecular flexibility index (Phi) is 12.2. The van der Waals surface area contributed by atoms with Gasteiger partial charge in [0, 0.05) is 30.3 Å². The first-order valence-electron chi connectivity index (χ1n) is 14.2. The van der Waals surface area contributed by atoms with Gasteiger partial charge in [0.15, 0.2) is 0 Å². The van der Waals surface area contributed by atoms with Gasteiger partial charge in [-0.25, -0.2) is 9.78 Å². The minimum atomic E-state index is -0.372. The molecular formula is C32H43N3O4. The van der Waals surface area contributed by atoms with Crippen molar-refractivity contribution in [1.29, 1.82) is 0 Å². The van der Waals surface area contributed by atoms with E-state index in [0.29, 0.717) is 31.9 Å². The molecule has 1 aromatic heterocycles. The van der Waals surface area contributed by atoms with E-state index in [1.165, 1.54) is 0 Å². The number of carbonyl (C=O) groups is 1. The third-order valence-electron chi connectivity index (χ3n) is 6.86. The molecule has 0 saturated heterocycles. The number of para-hydroxylation sites is 1. The zero-order valence-electron chi connectivity index (χ0n) is 23.8. The Morgan fingerprint density at radius 2 is 1.69 bits per heavy atom. The summed E-state index contributed by atoms with van der Waals surface area (Å²) < 4.78 is 13.3. The SMILES string of the molecule is CCCC(CCCN(c1ccccc1)C(C)C(=O)OCC)OCCn1c(CC)nc(-c2ccccc2)cc1=O. The molecule has 2 unspecified atom stereocenters. The molecule has 3 rings (SSSR count). The van der Waals surface area contributed by atoms with Crippen LogP contribution in [0, 0.1) is 0 Å². The van der Waals surface area contributed by atoms with Gasteiger partial charge in [-0.2, -0.15) is 0 Å². The fraction of sp³-hybridized carbons (Fsp3) is 0.469. The Balaban J connectivity index is 1.60. The number of ether oxygens (including phenoxy) is 2. The summed E-state index contributed by atoms with van der Waals surface area (Å²) in [6.45, 7) is 9.90. The molecule has 0 radical (unpaired) electrons. The summed E-state index contributed by atoms with van der Waals surface area (Å²) in [5.41, 5.74) is 2.60. The van der Waals surface area contributed by atoms with Crippen LogP contribution in [0.3, 0.4) is 0 Å². The van der Waals surface area contributed by atoms with Gasteiger partial charge < -0.3 is 14.4 Å². The Morgan fingerprint density at radius 1 is 1.00 bits per heavy atom. The fourth-order valence-corrected chi connectivity index (χ4v) is 4.81. The third kappa shape index (κ3) is 8.79. The van der Waals surface area contributed by atoms with Crippen LogP contribution in [-0.2, 0) is 27.2 Å². The number of aromatic nitrogens is 2. The standard InChI is InChI=1S/C32H43N3O4/c1-5-15-28(20-14-21-34(25(4)32(37)38-7-3)27-18-12-9-13-19-27)39-23-22-35-30(6-2)33-29(24-31(35)36)26-16-10-8-11-17-26/h8-13,16-19,24-25,28H,5-7,14-15,20-23H2,1-4H3. The number of nitrogens with zero attached hydrogens (tertiary/aromatic N) is 3. The van der Waals surface area contributed by atoms with E-state index < -0.39 is 0 Å². The quantitative estimate of drug-likeness (QED) is 0.214. The molecule has 0 bridgehead atoms.